The van der Waals surface area contributed by atoms with Crippen LogP contribution >= 0.6 is 0 Å². The van der Waals surface area contributed by atoms with Gasteiger partial charge >= 0.3 is 0 Å². The minimum absolute atomic E-state index is 0.0383. The van der Waals surface area contributed by atoms with E-state index in [1.54, 1.807) is 0 Å². The van der Waals surface area contributed by atoms with E-state index in [0.717, 1.165) is 6.42 Å². The monoisotopic (exact) mass is 217 g/mol. The number of carbonyl (C=O) groups excluding carboxylic acids is 1. The first kappa shape index (κ1) is 12.4. The maximum Gasteiger partial charge on any atom is 0.249 e. The molecule has 0 aliphatic carbocycles. The molecule has 0 spiro atoms. The van der Waals surface area contributed by atoms with Crippen molar-refractivity contribution in [1.29, 1.82) is 0 Å². The highest BCUT2D eigenvalue weighted by Gasteiger charge is 2.29. The molecular formula is C10H19NO4. The van der Waals surface area contributed by atoms with E-state index < -0.39 is 11.7 Å². The summed E-state index contributed by atoms with van der Waals surface area (Å²) in [5, 5.41) is 20.8. The molecule has 1 saturated heterocycles. The van der Waals surface area contributed by atoms with E-state index in [9.17, 15) is 9.90 Å². The van der Waals surface area contributed by atoms with E-state index in [4.69, 9.17) is 9.84 Å². The number of amides is 1. The van der Waals surface area contributed by atoms with Crippen LogP contribution in [0.15, 0.2) is 0 Å². The van der Waals surface area contributed by atoms with E-state index in [0.29, 0.717) is 6.42 Å². The highest BCUT2D eigenvalue weighted by molar-refractivity contribution is 5.81. The topological polar surface area (TPSA) is 78.8 Å². The van der Waals surface area contributed by atoms with Crippen LogP contribution in [-0.4, -0.2) is 47.1 Å². The van der Waals surface area contributed by atoms with Gasteiger partial charge in [-0.2, -0.15) is 0 Å². The number of hydrogen-bond donors (Lipinski definition) is 3. The molecule has 0 aromatic carbocycles. The normalized spacial score (nSPS) is 29.9. The number of aliphatic hydroxyl groups excluding tert-OH is 1. The summed E-state index contributed by atoms with van der Waals surface area (Å²) in [4.78, 5) is 11.5. The Morgan fingerprint density at radius 1 is 1.60 bits per heavy atom. The Bertz CT molecular complexity index is 229. The van der Waals surface area contributed by atoms with Gasteiger partial charge in [0, 0.05) is 6.54 Å². The molecule has 88 valence electrons. The van der Waals surface area contributed by atoms with Crippen molar-refractivity contribution in [3.05, 3.63) is 0 Å². The molecule has 3 atom stereocenters. The molecule has 1 heterocycles. The number of carbonyl (C=O) groups is 1. The average Bonchev–Trinajstić information content (AvgIpc) is 2.61. The Labute approximate surface area is 89.4 Å². The van der Waals surface area contributed by atoms with Crippen LogP contribution in [-0.2, 0) is 9.53 Å². The lowest BCUT2D eigenvalue weighted by molar-refractivity contribution is -0.133. The van der Waals surface area contributed by atoms with Gasteiger partial charge in [-0.25, -0.2) is 0 Å². The fourth-order valence-electron chi connectivity index (χ4n) is 1.44. The van der Waals surface area contributed by atoms with Gasteiger partial charge in [0.05, 0.1) is 12.7 Å². The number of hydrogen-bond acceptors (Lipinski definition) is 4. The maximum atomic E-state index is 11.5. The molecule has 1 aliphatic rings. The lowest BCUT2D eigenvalue weighted by atomic mass is 10.1. The summed E-state index contributed by atoms with van der Waals surface area (Å²) < 4.78 is 5.37. The van der Waals surface area contributed by atoms with Crippen molar-refractivity contribution < 1.29 is 19.7 Å². The molecule has 3 unspecified atom stereocenters. The van der Waals surface area contributed by atoms with E-state index in [1.165, 1.54) is 6.92 Å². The van der Waals surface area contributed by atoms with Gasteiger partial charge in [-0.3, -0.25) is 4.79 Å². The predicted octanol–water partition coefficient (Wildman–Crippen LogP) is -0.587. The molecule has 0 aromatic heterocycles. The quantitative estimate of drug-likeness (QED) is 0.588. The third-order valence-corrected chi connectivity index (χ3v) is 2.51. The smallest absolute Gasteiger partial charge is 0.249 e. The molecule has 0 radical (unpaired) electrons. The standard InChI is InChI=1S/C10H19NO4/c1-7-3-4-8(15-7)9(13)11-5-10(2,14)6-12/h7-8,12,14H,3-6H2,1-2H3,(H,11,13). The SMILES string of the molecule is CC1CCC(C(=O)NCC(C)(O)CO)O1. The Hall–Kier alpha value is -0.650. The molecule has 1 fully saturated rings. The largest absolute Gasteiger partial charge is 0.393 e. The summed E-state index contributed by atoms with van der Waals surface area (Å²) in [5.74, 6) is -0.215. The van der Waals surface area contributed by atoms with Gasteiger partial charge < -0.3 is 20.3 Å². The van der Waals surface area contributed by atoms with E-state index in [1.807, 2.05) is 6.92 Å². The summed E-state index contributed by atoms with van der Waals surface area (Å²) >= 11 is 0. The highest BCUT2D eigenvalue weighted by Crippen LogP contribution is 2.18. The summed E-state index contributed by atoms with van der Waals surface area (Å²) in [7, 11) is 0. The molecule has 5 nitrogen and oxygen atoms in total. The van der Waals surface area contributed by atoms with Crippen LogP contribution in [0.5, 0.6) is 0 Å². The van der Waals surface area contributed by atoms with Crippen molar-refractivity contribution in [2.75, 3.05) is 13.2 Å². The van der Waals surface area contributed by atoms with Crippen molar-refractivity contribution in [1.82, 2.24) is 5.32 Å². The number of aliphatic hydroxyl groups is 2. The van der Waals surface area contributed by atoms with Gasteiger partial charge in [-0.15, -0.1) is 0 Å². The van der Waals surface area contributed by atoms with Gasteiger partial charge in [-0.1, -0.05) is 0 Å². The second kappa shape index (κ2) is 4.92. The highest BCUT2D eigenvalue weighted by atomic mass is 16.5. The summed E-state index contributed by atoms with van der Waals surface area (Å²) in [6.45, 7) is 3.05. The third-order valence-electron chi connectivity index (χ3n) is 2.51. The van der Waals surface area contributed by atoms with E-state index in [-0.39, 0.29) is 25.2 Å². The summed E-state index contributed by atoms with van der Waals surface area (Å²) in [6, 6.07) is 0. The third kappa shape index (κ3) is 3.77. The Morgan fingerprint density at radius 3 is 2.73 bits per heavy atom. The fraction of sp³-hybridized carbons (Fsp3) is 0.900. The Kier molecular flexibility index (Phi) is 4.07. The van der Waals surface area contributed by atoms with Crippen LogP contribution < -0.4 is 5.32 Å². The molecule has 5 heteroatoms. The van der Waals surface area contributed by atoms with Crippen LogP contribution in [0.2, 0.25) is 0 Å². The number of rotatable bonds is 4. The Morgan fingerprint density at radius 2 is 2.27 bits per heavy atom. The molecule has 0 bridgehead atoms. The first-order chi connectivity index (χ1) is 6.94. The first-order valence-electron chi connectivity index (χ1n) is 5.21. The van der Waals surface area contributed by atoms with Crippen molar-refractivity contribution in [3.63, 3.8) is 0 Å². The molecule has 1 aliphatic heterocycles. The number of nitrogens with one attached hydrogen (secondary N) is 1. The fourth-order valence-corrected chi connectivity index (χ4v) is 1.44. The van der Waals surface area contributed by atoms with Crippen LogP contribution in [0.1, 0.15) is 26.7 Å². The second-order valence-electron chi connectivity index (χ2n) is 4.39. The van der Waals surface area contributed by atoms with Crippen LogP contribution in [0, 0.1) is 0 Å². The zero-order valence-corrected chi connectivity index (χ0v) is 9.19. The molecule has 3 N–H and O–H groups in total. The molecule has 0 aromatic rings. The van der Waals surface area contributed by atoms with Gasteiger partial charge in [-0.05, 0) is 26.7 Å². The lowest BCUT2D eigenvalue weighted by Gasteiger charge is -2.21. The van der Waals surface area contributed by atoms with Crippen molar-refractivity contribution in [2.45, 2.75) is 44.5 Å². The van der Waals surface area contributed by atoms with Gasteiger partial charge in [0.15, 0.2) is 0 Å². The number of ether oxygens (including phenoxy) is 1. The van der Waals surface area contributed by atoms with Crippen LogP contribution in [0.25, 0.3) is 0 Å². The molecule has 0 saturated carbocycles. The zero-order valence-electron chi connectivity index (χ0n) is 9.19. The molecule has 1 rings (SSSR count). The van der Waals surface area contributed by atoms with E-state index >= 15 is 0 Å². The van der Waals surface area contributed by atoms with Gasteiger partial charge in [0.25, 0.3) is 0 Å². The maximum absolute atomic E-state index is 11.5. The van der Waals surface area contributed by atoms with E-state index in [2.05, 4.69) is 5.32 Å². The minimum Gasteiger partial charge on any atom is -0.393 e. The van der Waals surface area contributed by atoms with Crippen molar-refractivity contribution >= 4 is 5.91 Å². The molecule has 15 heavy (non-hydrogen) atoms. The minimum atomic E-state index is -1.26. The average molecular weight is 217 g/mol. The van der Waals surface area contributed by atoms with Gasteiger partial charge in [0.2, 0.25) is 5.91 Å². The molecular weight excluding hydrogens is 198 g/mol. The predicted molar refractivity (Wildman–Crippen MR) is 54.3 cm³/mol. The van der Waals surface area contributed by atoms with Crippen LogP contribution in [0.4, 0.5) is 0 Å². The Balaban J connectivity index is 2.30. The lowest BCUT2D eigenvalue weighted by Crippen LogP contribution is -2.46. The van der Waals surface area contributed by atoms with Crippen molar-refractivity contribution in [3.8, 4) is 0 Å². The van der Waals surface area contributed by atoms with Gasteiger partial charge in [0.1, 0.15) is 11.7 Å². The second-order valence-corrected chi connectivity index (χ2v) is 4.39. The molecule has 1 amide bonds. The summed E-state index contributed by atoms with van der Waals surface area (Å²) in [5.41, 5.74) is -1.26. The zero-order chi connectivity index (χ0) is 11.5. The summed E-state index contributed by atoms with van der Waals surface area (Å²) in [6.07, 6.45) is 1.32. The first-order valence-corrected chi connectivity index (χ1v) is 5.21. The van der Waals surface area contributed by atoms with Crippen molar-refractivity contribution in [2.24, 2.45) is 0 Å². The van der Waals surface area contributed by atoms with Crippen LogP contribution in [0.3, 0.4) is 0 Å².